The van der Waals surface area contributed by atoms with Crippen LogP contribution in [0.4, 0.5) is 0 Å². The zero-order chi connectivity index (χ0) is 19.2. The summed E-state index contributed by atoms with van der Waals surface area (Å²) in [5.74, 6) is -4.59. The number of aliphatic hydroxyl groups excluding tert-OH is 1. The van der Waals surface area contributed by atoms with Crippen LogP contribution in [-0.4, -0.2) is 61.3 Å². The number of hydrogen-bond donors (Lipinski definition) is 3. The van der Waals surface area contributed by atoms with Crippen LogP contribution in [-0.2, 0) is 31.4 Å². The number of aliphatic carboxylic acids is 2. The molecule has 2 aromatic rings. The molecular formula is C15H16BrN3O7. The molecule has 1 aromatic heterocycles. The van der Waals surface area contributed by atoms with Gasteiger partial charge in [-0.25, -0.2) is 19.3 Å². The van der Waals surface area contributed by atoms with Gasteiger partial charge in [-0.1, -0.05) is 28.1 Å². The molecule has 2 heterocycles. The molecule has 10 nitrogen and oxygen atoms in total. The number of hydrogen-bond acceptors (Lipinski definition) is 7. The Bertz CT molecular complexity index is 726. The molecule has 1 aromatic carbocycles. The van der Waals surface area contributed by atoms with E-state index >= 15 is 0 Å². The smallest absolute Gasteiger partial charge is 0.414 e. The van der Waals surface area contributed by atoms with Crippen LogP contribution in [0.5, 0.6) is 0 Å². The predicted octanol–water partition coefficient (Wildman–Crippen LogP) is 0.457. The lowest BCUT2D eigenvalue weighted by Crippen LogP contribution is -2.34. The quantitative estimate of drug-likeness (QED) is 0.589. The Morgan fingerprint density at radius 3 is 2.38 bits per heavy atom. The summed E-state index contributed by atoms with van der Waals surface area (Å²) in [6, 6.07) is 7.72. The molecule has 0 spiro atoms. The SMILES string of the molecule is O=C(O)C(=O)O.OCC1COC(Cn2cncn2)(c2ccc(Br)cc2)O1. The van der Waals surface area contributed by atoms with Crippen molar-refractivity contribution in [3.05, 3.63) is 47.0 Å². The number of carboxylic acids is 2. The summed E-state index contributed by atoms with van der Waals surface area (Å²) in [6.45, 7) is 0.655. The first kappa shape index (κ1) is 20.0. The van der Waals surface area contributed by atoms with Crippen molar-refractivity contribution in [2.75, 3.05) is 13.2 Å². The fraction of sp³-hybridized carbons (Fsp3) is 0.333. The van der Waals surface area contributed by atoms with Crippen LogP contribution in [0.3, 0.4) is 0 Å². The van der Waals surface area contributed by atoms with Gasteiger partial charge in [-0.3, -0.25) is 0 Å². The molecule has 3 N–H and O–H groups in total. The minimum atomic E-state index is -1.82. The summed E-state index contributed by atoms with van der Waals surface area (Å²) in [5.41, 5.74) is 0.882. The average molecular weight is 430 g/mol. The molecule has 0 amide bonds. The highest BCUT2D eigenvalue weighted by atomic mass is 79.9. The average Bonchev–Trinajstić information content (AvgIpc) is 3.26. The summed E-state index contributed by atoms with van der Waals surface area (Å²) >= 11 is 3.41. The second-order valence-electron chi connectivity index (χ2n) is 5.20. The summed E-state index contributed by atoms with van der Waals surface area (Å²) in [4.78, 5) is 22.1. The predicted molar refractivity (Wildman–Crippen MR) is 89.0 cm³/mol. The van der Waals surface area contributed by atoms with Crippen LogP contribution in [0.2, 0.25) is 0 Å². The Kier molecular flexibility index (Phi) is 6.80. The van der Waals surface area contributed by atoms with E-state index in [9.17, 15) is 5.11 Å². The van der Waals surface area contributed by atoms with E-state index in [-0.39, 0.29) is 12.7 Å². The number of rotatable bonds is 4. The number of benzene rings is 1. The Balaban J connectivity index is 0.000000352. The van der Waals surface area contributed by atoms with Gasteiger partial charge < -0.3 is 24.8 Å². The normalized spacial score (nSPS) is 21.7. The first-order valence-corrected chi connectivity index (χ1v) is 8.13. The van der Waals surface area contributed by atoms with Crippen molar-refractivity contribution in [1.29, 1.82) is 0 Å². The van der Waals surface area contributed by atoms with Gasteiger partial charge in [0.15, 0.2) is 0 Å². The molecule has 1 saturated heterocycles. The largest absolute Gasteiger partial charge is 0.473 e. The van der Waals surface area contributed by atoms with Crippen molar-refractivity contribution in [3.8, 4) is 0 Å². The highest BCUT2D eigenvalue weighted by Crippen LogP contribution is 2.36. The van der Waals surface area contributed by atoms with E-state index in [4.69, 9.17) is 29.3 Å². The number of aromatic nitrogens is 3. The lowest BCUT2D eigenvalue weighted by Gasteiger charge is -2.28. The zero-order valence-electron chi connectivity index (χ0n) is 13.4. The standard InChI is InChI=1S/C13H14BrN3O3.C2H2O4/c14-11-3-1-10(2-4-11)13(7-17-9-15-8-16-17)19-6-12(5-18)20-13;3-1(4)2(5)6/h1-4,8-9,12,18H,5-7H2;(H,3,4)(H,5,6). The van der Waals surface area contributed by atoms with Gasteiger partial charge in [0.05, 0.1) is 13.2 Å². The number of ether oxygens (including phenoxy) is 2. The Hall–Kier alpha value is -2.34. The lowest BCUT2D eigenvalue weighted by molar-refractivity contribution is -0.191. The van der Waals surface area contributed by atoms with Crippen molar-refractivity contribution in [2.24, 2.45) is 0 Å². The molecule has 0 saturated carbocycles. The van der Waals surface area contributed by atoms with Gasteiger partial charge in [-0.2, -0.15) is 5.10 Å². The zero-order valence-corrected chi connectivity index (χ0v) is 14.9. The second kappa shape index (κ2) is 8.85. The van der Waals surface area contributed by atoms with E-state index in [2.05, 4.69) is 26.0 Å². The van der Waals surface area contributed by atoms with Crippen LogP contribution in [0.1, 0.15) is 5.56 Å². The topological polar surface area (TPSA) is 144 Å². The van der Waals surface area contributed by atoms with Gasteiger partial charge in [0.1, 0.15) is 25.3 Å². The van der Waals surface area contributed by atoms with Crippen LogP contribution < -0.4 is 0 Å². The van der Waals surface area contributed by atoms with Crippen molar-refractivity contribution in [3.63, 3.8) is 0 Å². The molecule has 0 radical (unpaired) electrons. The molecular weight excluding hydrogens is 414 g/mol. The van der Waals surface area contributed by atoms with E-state index in [0.29, 0.717) is 13.2 Å². The maximum absolute atomic E-state index is 9.27. The van der Waals surface area contributed by atoms with Crippen molar-refractivity contribution < 1.29 is 34.4 Å². The highest BCUT2D eigenvalue weighted by molar-refractivity contribution is 9.10. The third kappa shape index (κ3) is 5.08. The minimum absolute atomic E-state index is 0.0738. The van der Waals surface area contributed by atoms with E-state index in [0.717, 1.165) is 10.0 Å². The van der Waals surface area contributed by atoms with E-state index in [1.54, 1.807) is 11.0 Å². The van der Waals surface area contributed by atoms with Crippen molar-refractivity contribution >= 4 is 27.9 Å². The molecule has 3 rings (SSSR count). The molecule has 2 atom stereocenters. The maximum Gasteiger partial charge on any atom is 0.414 e. The second-order valence-corrected chi connectivity index (χ2v) is 6.11. The van der Waals surface area contributed by atoms with Crippen molar-refractivity contribution in [1.82, 2.24) is 14.8 Å². The van der Waals surface area contributed by atoms with E-state index < -0.39 is 17.7 Å². The van der Waals surface area contributed by atoms with Gasteiger partial charge in [0.25, 0.3) is 0 Å². The van der Waals surface area contributed by atoms with Crippen LogP contribution >= 0.6 is 15.9 Å². The summed E-state index contributed by atoms with van der Waals surface area (Å²) in [6.07, 6.45) is 2.75. The third-order valence-corrected chi connectivity index (χ3v) is 3.90. The fourth-order valence-corrected chi connectivity index (χ4v) is 2.48. The van der Waals surface area contributed by atoms with E-state index in [1.807, 2.05) is 24.3 Å². The number of halogens is 1. The molecule has 140 valence electrons. The molecule has 0 aliphatic carbocycles. The molecule has 2 unspecified atom stereocenters. The highest BCUT2D eigenvalue weighted by Gasteiger charge is 2.43. The van der Waals surface area contributed by atoms with Crippen molar-refractivity contribution in [2.45, 2.75) is 18.4 Å². The van der Waals surface area contributed by atoms with Crippen LogP contribution in [0.15, 0.2) is 41.4 Å². The van der Waals surface area contributed by atoms with Crippen LogP contribution in [0.25, 0.3) is 0 Å². The maximum atomic E-state index is 9.27. The van der Waals surface area contributed by atoms with Gasteiger partial charge >= 0.3 is 11.9 Å². The van der Waals surface area contributed by atoms with Gasteiger partial charge in [-0.15, -0.1) is 0 Å². The molecule has 26 heavy (non-hydrogen) atoms. The van der Waals surface area contributed by atoms with Gasteiger partial charge in [0.2, 0.25) is 5.79 Å². The molecule has 0 bridgehead atoms. The molecule has 11 heteroatoms. The van der Waals surface area contributed by atoms with Gasteiger partial charge in [0, 0.05) is 10.0 Å². The van der Waals surface area contributed by atoms with Crippen LogP contribution in [0, 0.1) is 0 Å². The van der Waals surface area contributed by atoms with E-state index in [1.165, 1.54) is 6.33 Å². The number of carbonyl (C=O) groups is 2. The summed E-state index contributed by atoms with van der Waals surface area (Å²) < 4.78 is 14.4. The minimum Gasteiger partial charge on any atom is -0.473 e. The third-order valence-electron chi connectivity index (χ3n) is 3.37. The molecule has 1 aliphatic heterocycles. The summed E-state index contributed by atoms with van der Waals surface area (Å²) in [5, 5.41) is 28.1. The number of nitrogens with zero attached hydrogens (tertiary/aromatic N) is 3. The summed E-state index contributed by atoms with van der Waals surface area (Å²) in [7, 11) is 0. The molecule has 1 fully saturated rings. The Morgan fingerprint density at radius 1 is 1.27 bits per heavy atom. The lowest BCUT2D eigenvalue weighted by atomic mass is 10.1. The molecule has 1 aliphatic rings. The number of aliphatic hydroxyl groups is 1. The first-order chi connectivity index (χ1) is 12.4. The van der Waals surface area contributed by atoms with Gasteiger partial charge in [-0.05, 0) is 12.1 Å². The first-order valence-electron chi connectivity index (χ1n) is 7.33. The Morgan fingerprint density at radius 2 is 1.92 bits per heavy atom. The number of carboxylic acid groups (broad SMARTS) is 2. The monoisotopic (exact) mass is 429 g/mol. The fourth-order valence-electron chi connectivity index (χ4n) is 2.21. The Labute approximate surface area is 156 Å².